The summed E-state index contributed by atoms with van der Waals surface area (Å²) in [6.45, 7) is 1.67. The third-order valence-electron chi connectivity index (χ3n) is 5.46. The highest BCUT2D eigenvalue weighted by molar-refractivity contribution is 7.94. The van der Waals surface area contributed by atoms with Crippen molar-refractivity contribution in [1.29, 1.82) is 0 Å². The van der Waals surface area contributed by atoms with E-state index < -0.39 is 10.0 Å². The summed E-state index contributed by atoms with van der Waals surface area (Å²) >= 11 is 1.12. The highest BCUT2D eigenvalue weighted by atomic mass is 32.2. The Kier molecular flexibility index (Phi) is 6.02. The van der Waals surface area contributed by atoms with Gasteiger partial charge in [0.2, 0.25) is 5.91 Å². The minimum Gasteiger partial charge on any atom is -0.495 e. The smallest absolute Gasteiger partial charge is 0.274 e. The third kappa shape index (κ3) is 4.05. The summed E-state index contributed by atoms with van der Waals surface area (Å²) in [5, 5.41) is 1.71. The molecule has 0 bridgehead atoms. The number of benzene rings is 2. The van der Waals surface area contributed by atoms with Crippen LogP contribution in [0.25, 0.3) is 0 Å². The van der Waals surface area contributed by atoms with Gasteiger partial charge >= 0.3 is 0 Å². The maximum absolute atomic E-state index is 13.6. The molecule has 0 aliphatic carbocycles. The molecule has 0 saturated carbocycles. The van der Waals surface area contributed by atoms with Gasteiger partial charge in [0.05, 0.1) is 12.8 Å². The van der Waals surface area contributed by atoms with Crippen molar-refractivity contribution in [2.75, 3.05) is 22.9 Å². The van der Waals surface area contributed by atoms with E-state index in [1.165, 1.54) is 7.11 Å². The van der Waals surface area contributed by atoms with E-state index in [-0.39, 0.29) is 22.7 Å². The highest BCUT2D eigenvalue weighted by Crippen LogP contribution is 2.35. The van der Waals surface area contributed by atoms with Gasteiger partial charge in [-0.05, 0) is 55.0 Å². The molecular weight excluding hydrogens is 432 g/mol. The van der Waals surface area contributed by atoms with Crippen LogP contribution in [-0.2, 0) is 21.2 Å². The van der Waals surface area contributed by atoms with E-state index in [4.69, 9.17) is 4.74 Å². The normalized spacial score (nSPS) is 15.9. The first kappa shape index (κ1) is 21.4. The second-order valence-corrected chi connectivity index (χ2v) is 10.4. The first-order chi connectivity index (χ1) is 14.9. The Labute approximate surface area is 186 Å². The van der Waals surface area contributed by atoms with Crippen LogP contribution in [0, 0.1) is 0 Å². The number of rotatable bonds is 6. The molecule has 0 fully saturated rings. The Morgan fingerprint density at radius 2 is 1.87 bits per heavy atom. The lowest BCUT2D eigenvalue weighted by Gasteiger charge is -2.36. The summed E-state index contributed by atoms with van der Waals surface area (Å²) in [4.78, 5) is 15.3. The molecule has 3 aromatic rings. The Morgan fingerprint density at radius 3 is 2.61 bits per heavy atom. The van der Waals surface area contributed by atoms with Gasteiger partial charge in [0, 0.05) is 11.7 Å². The predicted octanol–water partition coefficient (Wildman–Crippen LogP) is 4.32. The van der Waals surface area contributed by atoms with Gasteiger partial charge in [0.1, 0.15) is 16.5 Å². The van der Waals surface area contributed by atoms with Crippen molar-refractivity contribution < 1.29 is 17.9 Å². The summed E-state index contributed by atoms with van der Waals surface area (Å²) in [6.07, 6.45) is 1.72. The summed E-state index contributed by atoms with van der Waals surface area (Å²) < 4.78 is 33.8. The Bertz CT molecular complexity index is 1180. The molecule has 0 saturated heterocycles. The molecule has 1 amide bonds. The number of hydrogen-bond donors (Lipinski definition) is 0. The molecule has 1 aromatic heterocycles. The lowest BCUT2D eigenvalue weighted by atomic mass is 9.96. The van der Waals surface area contributed by atoms with E-state index in [0.29, 0.717) is 11.4 Å². The van der Waals surface area contributed by atoms with E-state index >= 15 is 0 Å². The van der Waals surface area contributed by atoms with Gasteiger partial charge < -0.3 is 9.64 Å². The van der Waals surface area contributed by atoms with E-state index in [1.807, 2.05) is 31.2 Å². The van der Waals surface area contributed by atoms with Crippen LogP contribution in [0.5, 0.6) is 5.75 Å². The lowest BCUT2D eigenvalue weighted by molar-refractivity contribution is -0.117. The summed E-state index contributed by atoms with van der Waals surface area (Å²) in [5.41, 5.74) is 2.28. The van der Waals surface area contributed by atoms with Crippen molar-refractivity contribution in [2.24, 2.45) is 0 Å². The maximum Gasteiger partial charge on any atom is 0.274 e. The molecule has 8 heteroatoms. The number of aryl methyl sites for hydroxylation is 1. The van der Waals surface area contributed by atoms with E-state index in [9.17, 15) is 13.2 Å². The van der Waals surface area contributed by atoms with Crippen molar-refractivity contribution in [3.05, 3.63) is 71.6 Å². The van der Waals surface area contributed by atoms with Gasteiger partial charge in [-0.3, -0.25) is 9.10 Å². The second kappa shape index (κ2) is 8.72. The fourth-order valence-electron chi connectivity index (χ4n) is 3.92. The Hall–Kier alpha value is -2.84. The monoisotopic (exact) mass is 456 g/mol. The molecule has 6 nitrogen and oxygen atoms in total. The highest BCUT2D eigenvalue weighted by Gasteiger charge is 2.34. The molecule has 1 aliphatic rings. The van der Waals surface area contributed by atoms with E-state index in [0.717, 1.165) is 39.7 Å². The summed E-state index contributed by atoms with van der Waals surface area (Å²) in [5.74, 6) is 0.119. The molecule has 4 rings (SSSR count). The SMILES string of the molecule is COc1ccccc1N(CC(=O)N1c2ccccc2CCC1C)S(=O)(=O)c1cccs1. The average molecular weight is 457 g/mol. The van der Waals surface area contributed by atoms with Crippen molar-refractivity contribution >= 4 is 38.6 Å². The molecule has 31 heavy (non-hydrogen) atoms. The minimum absolute atomic E-state index is 0.0219. The molecule has 2 heterocycles. The number of sulfonamides is 1. The molecular formula is C23H24N2O4S2. The number of fused-ring (bicyclic) bond motifs is 1. The quantitative estimate of drug-likeness (QED) is 0.554. The molecule has 0 spiro atoms. The van der Waals surface area contributed by atoms with Gasteiger partial charge in [0.25, 0.3) is 10.0 Å². The van der Waals surface area contributed by atoms with Crippen LogP contribution in [0.3, 0.4) is 0 Å². The first-order valence-electron chi connectivity index (χ1n) is 10.0. The number of amides is 1. The first-order valence-corrected chi connectivity index (χ1v) is 12.3. The molecule has 0 N–H and O–H groups in total. The zero-order chi connectivity index (χ0) is 22.0. The number of hydrogen-bond acceptors (Lipinski definition) is 5. The van der Waals surface area contributed by atoms with Crippen LogP contribution in [-0.4, -0.2) is 34.0 Å². The summed E-state index contributed by atoms with van der Waals surface area (Å²) in [6, 6.07) is 17.9. The fraction of sp³-hybridized carbons (Fsp3) is 0.261. The molecule has 0 radical (unpaired) electrons. The Morgan fingerprint density at radius 1 is 1.13 bits per heavy atom. The standard InChI is InChI=1S/C23H24N2O4S2/c1-17-13-14-18-8-3-4-9-19(18)25(17)22(26)16-24(20-10-5-6-11-21(20)29-2)31(27,28)23-12-7-15-30-23/h3-12,15,17H,13-14,16H2,1-2H3. The van der Waals surface area contributed by atoms with Gasteiger partial charge in [-0.25, -0.2) is 8.42 Å². The van der Waals surface area contributed by atoms with Crippen LogP contribution < -0.4 is 13.9 Å². The number of thiophene rings is 1. The van der Waals surface area contributed by atoms with Gasteiger partial charge in [-0.2, -0.15) is 0 Å². The van der Waals surface area contributed by atoms with Crippen LogP contribution in [0.15, 0.2) is 70.3 Å². The van der Waals surface area contributed by atoms with Crippen LogP contribution >= 0.6 is 11.3 Å². The molecule has 1 unspecified atom stereocenters. The minimum atomic E-state index is -3.95. The number of anilines is 2. The predicted molar refractivity (Wildman–Crippen MR) is 124 cm³/mol. The largest absolute Gasteiger partial charge is 0.495 e. The zero-order valence-corrected chi connectivity index (χ0v) is 19.0. The van der Waals surface area contributed by atoms with Crippen molar-refractivity contribution in [1.82, 2.24) is 0 Å². The number of methoxy groups -OCH3 is 1. The number of para-hydroxylation sites is 3. The van der Waals surface area contributed by atoms with E-state index in [1.54, 1.807) is 46.7 Å². The van der Waals surface area contributed by atoms with Crippen molar-refractivity contribution in [3.63, 3.8) is 0 Å². The lowest BCUT2D eigenvalue weighted by Crippen LogP contribution is -2.48. The number of carbonyl (C=O) groups excluding carboxylic acids is 1. The number of nitrogens with zero attached hydrogens (tertiary/aromatic N) is 2. The van der Waals surface area contributed by atoms with Gasteiger partial charge in [0.15, 0.2) is 0 Å². The van der Waals surface area contributed by atoms with Gasteiger partial charge in [-0.1, -0.05) is 36.4 Å². The molecule has 1 atom stereocenters. The zero-order valence-electron chi connectivity index (χ0n) is 17.4. The molecule has 2 aromatic carbocycles. The molecule has 1 aliphatic heterocycles. The van der Waals surface area contributed by atoms with E-state index in [2.05, 4.69) is 0 Å². The van der Waals surface area contributed by atoms with Crippen molar-refractivity contribution in [3.8, 4) is 5.75 Å². The number of ether oxygens (including phenoxy) is 1. The second-order valence-electron chi connectivity index (χ2n) is 7.40. The third-order valence-corrected chi connectivity index (χ3v) is 8.60. The number of carbonyl (C=O) groups is 1. The molecule has 162 valence electrons. The van der Waals surface area contributed by atoms with Crippen LogP contribution in [0.2, 0.25) is 0 Å². The fourth-order valence-corrected chi connectivity index (χ4v) is 6.45. The Balaban J connectivity index is 1.76. The van der Waals surface area contributed by atoms with Crippen molar-refractivity contribution in [2.45, 2.75) is 30.0 Å². The van der Waals surface area contributed by atoms with Gasteiger partial charge in [-0.15, -0.1) is 11.3 Å². The van der Waals surface area contributed by atoms with Crippen LogP contribution in [0.1, 0.15) is 18.9 Å². The summed E-state index contributed by atoms with van der Waals surface area (Å²) in [7, 11) is -2.46. The average Bonchev–Trinajstić information content (AvgIpc) is 3.33. The maximum atomic E-state index is 13.6. The van der Waals surface area contributed by atoms with Crippen LogP contribution in [0.4, 0.5) is 11.4 Å². The topological polar surface area (TPSA) is 66.9 Å².